The summed E-state index contributed by atoms with van der Waals surface area (Å²) in [5, 5.41) is 1.04. The molecule has 212 valence electrons. The number of hydrogen-bond acceptors (Lipinski definition) is 4. The van der Waals surface area contributed by atoms with Gasteiger partial charge in [-0.1, -0.05) is 140 Å². The molecule has 0 atom stereocenters. The van der Waals surface area contributed by atoms with Gasteiger partial charge in [-0.05, 0) is 46.5 Å². The summed E-state index contributed by atoms with van der Waals surface area (Å²) in [6, 6.07) is 56.8. The van der Waals surface area contributed by atoms with Crippen molar-refractivity contribution < 1.29 is 0 Å². The van der Waals surface area contributed by atoms with Gasteiger partial charge in [0.05, 0.1) is 21.6 Å². The minimum Gasteiger partial charge on any atom is -0.236 e. The molecule has 0 aliphatic carbocycles. The van der Waals surface area contributed by atoms with Crippen LogP contribution in [0.4, 0.5) is 0 Å². The molecule has 0 N–H and O–H groups in total. The van der Waals surface area contributed by atoms with Gasteiger partial charge in [-0.2, -0.15) is 0 Å². The maximum atomic E-state index is 5.07. The summed E-state index contributed by atoms with van der Waals surface area (Å²) in [7, 11) is 0. The van der Waals surface area contributed by atoms with Gasteiger partial charge in [0, 0.05) is 22.3 Å². The van der Waals surface area contributed by atoms with Crippen LogP contribution in [0.5, 0.6) is 0 Å². The summed E-state index contributed by atoms with van der Waals surface area (Å²) in [6.07, 6.45) is 0. The third-order valence-electron chi connectivity index (χ3n) is 7.95. The van der Waals surface area contributed by atoms with Gasteiger partial charge >= 0.3 is 0 Å². The Balaban J connectivity index is 1.18. The zero-order valence-electron chi connectivity index (χ0n) is 24.3. The average Bonchev–Trinajstić information content (AvgIpc) is 3.57. The molecular formula is C41H27N3S. The van der Waals surface area contributed by atoms with E-state index in [-0.39, 0.29) is 0 Å². The van der Waals surface area contributed by atoms with E-state index in [1.54, 1.807) is 11.3 Å². The number of hydrogen-bond donors (Lipinski definition) is 0. The highest BCUT2D eigenvalue weighted by molar-refractivity contribution is 7.21. The third kappa shape index (κ3) is 5.55. The first kappa shape index (κ1) is 26.9. The van der Waals surface area contributed by atoms with Gasteiger partial charge < -0.3 is 0 Å². The van der Waals surface area contributed by atoms with Gasteiger partial charge in [0.25, 0.3) is 0 Å². The molecule has 0 saturated carbocycles. The van der Waals surface area contributed by atoms with Crippen LogP contribution in [-0.2, 0) is 0 Å². The van der Waals surface area contributed by atoms with E-state index in [0.717, 1.165) is 55.3 Å². The molecule has 8 aromatic rings. The van der Waals surface area contributed by atoms with Crippen molar-refractivity contribution in [1.82, 2.24) is 15.0 Å². The van der Waals surface area contributed by atoms with Crippen molar-refractivity contribution in [3.8, 4) is 66.7 Å². The van der Waals surface area contributed by atoms with Crippen LogP contribution < -0.4 is 0 Å². The highest BCUT2D eigenvalue weighted by Crippen LogP contribution is 2.35. The van der Waals surface area contributed by atoms with Crippen molar-refractivity contribution in [3.05, 3.63) is 164 Å². The van der Waals surface area contributed by atoms with Crippen LogP contribution in [-0.4, -0.2) is 15.0 Å². The molecule has 0 saturated heterocycles. The molecular weight excluding hydrogens is 567 g/mol. The molecule has 0 aliphatic rings. The predicted molar refractivity (Wildman–Crippen MR) is 188 cm³/mol. The number of thiazole rings is 1. The second-order valence-electron chi connectivity index (χ2n) is 10.9. The van der Waals surface area contributed by atoms with E-state index < -0.39 is 0 Å². The van der Waals surface area contributed by atoms with Crippen LogP contribution in [0.1, 0.15) is 0 Å². The lowest BCUT2D eigenvalue weighted by Crippen LogP contribution is -1.96. The maximum absolute atomic E-state index is 5.07. The van der Waals surface area contributed by atoms with E-state index in [1.165, 1.54) is 15.8 Å². The third-order valence-corrected chi connectivity index (χ3v) is 9.01. The Labute approximate surface area is 266 Å². The largest absolute Gasteiger partial charge is 0.236 e. The van der Waals surface area contributed by atoms with Gasteiger partial charge in [0.15, 0.2) is 5.82 Å². The van der Waals surface area contributed by atoms with Crippen molar-refractivity contribution in [1.29, 1.82) is 0 Å². The first-order valence-electron chi connectivity index (χ1n) is 14.9. The van der Waals surface area contributed by atoms with Crippen LogP contribution >= 0.6 is 11.3 Å². The molecule has 8 rings (SSSR count). The minimum absolute atomic E-state index is 0.708. The zero-order valence-corrected chi connectivity index (χ0v) is 25.2. The van der Waals surface area contributed by atoms with Crippen LogP contribution in [0, 0.1) is 0 Å². The minimum atomic E-state index is 0.708. The molecule has 0 unspecified atom stereocenters. The smallest absolute Gasteiger partial charge is 0.160 e. The SMILES string of the molecule is c1ccc(-c2ccc(-c3cc(-c4cccc(-c5ccc6nc(-c7ccccc7)sc6c5)c4)nc(-c4ccccc4)n3)cc2)cc1. The highest BCUT2D eigenvalue weighted by atomic mass is 32.1. The Hall–Kier alpha value is -5.71. The summed E-state index contributed by atoms with van der Waals surface area (Å²) in [4.78, 5) is 15.0. The molecule has 0 amide bonds. The van der Waals surface area contributed by atoms with Crippen molar-refractivity contribution in [2.75, 3.05) is 0 Å². The standard InChI is InChI=1S/C41H27N3S/c1-4-11-28(12-5-1)29-19-21-30(22-20-29)37-27-38(43-40(42-37)31-13-6-2-7-14-31)35-18-10-17-33(25-35)34-23-24-36-39(26-34)45-41(44-36)32-15-8-3-9-16-32/h1-27H. The Bertz CT molecular complexity index is 2240. The maximum Gasteiger partial charge on any atom is 0.160 e. The quantitative estimate of drug-likeness (QED) is 0.192. The highest BCUT2D eigenvalue weighted by Gasteiger charge is 2.13. The molecule has 0 spiro atoms. The predicted octanol–water partition coefficient (Wildman–Crippen LogP) is 11.1. The first-order chi connectivity index (χ1) is 22.3. The van der Waals surface area contributed by atoms with Crippen LogP contribution in [0.2, 0.25) is 0 Å². The lowest BCUT2D eigenvalue weighted by molar-refractivity contribution is 1.18. The van der Waals surface area contributed by atoms with Gasteiger partial charge in [-0.15, -0.1) is 11.3 Å². The Morgan fingerprint density at radius 1 is 0.333 bits per heavy atom. The molecule has 4 heteroatoms. The number of fused-ring (bicyclic) bond motifs is 1. The monoisotopic (exact) mass is 593 g/mol. The van der Waals surface area contributed by atoms with E-state index in [0.29, 0.717) is 5.82 Å². The lowest BCUT2D eigenvalue weighted by atomic mass is 9.99. The molecule has 0 aliphatic heterocycles. The number of nitrogens with zero attached hydrogens (tertiary/aromatic N) is 3. The van der Waals surface area contributed by atoms with Crippen molar-refractivity contribution >= 4 is 21.6 Å². The number of rotatable bonds is 6. The van der Waals surface area contributed by atoms with Crippen molar-refractivity contribution in [3.63, 3.8) is 0 Å². The van der Waals surface area contributed by atoms with Crippen molar-refractivity contribution in [2.24, 2.45) is 0 Å². The summed E-state index contributed by atoms with van der Waals surface area (Å²) in [6.45, 7) is 0. The van der Waals surface area contributed by atoms with E-state index in [1.807, 2.05) is 30.3 Å². The lowest BCUT2D eigenvalue weighted by Gasteiger charge is -2.11. The van der Waals surface area contributed by atoms with Crippen LogP contribution in [0.15, 0.2) is 164 Å². The second-order valence-corrected chi connectivity index (χ2v) is 12.0. The molecule has 2 heterocycles. The second kappa shape index (κ2) is 11.8. The molecule has 45 heavy (non-hydrogen) atoms. The van der Waals surface area contributed by atoms with E-state index in [4.69, 9.17) is 15.0 Å². The fraction of sp³-hybridized carbons (Fsp3) is 0. The van der Waals surface area contributed by atoms with Gasteiger partial charge in [-0.25, -0.2) is 15.0 Å². The number of aromatic nitrogens is 3. The summed E-state index contributed by atoms with van der Waals surface area (Å²) in [5.74, 6) is 0.708. The van der Waals surface area contributed by atoms with E-state index in [9.17, 15) is 0 Å². The molecule has 0 radical (unpaired) electrons. The molecule has 2 aromatic heterocycles. The fourth-order valence-electron chi connectivity index (χ4n) is 5.59. The molecule has 6 aromatic carbocycles. The Morgan fingerprint density at radius 2 is 0.844 bits per heavy atom. The summed E-state index contributed by atoms with van der Waals surface area (Å²) in [5.41, 5.74) is 11.7. The molecule has 3 nitrogen and oxygen atoms in total. The fourth-order valence-corrected chi connectivity index (χ4v) is 6.60. The van der Waals surface area contributed by atoms with E-state index in [2.05, 4.69) is 133 Å². The van der Waals surface area contributed by atoms with Crippen molar-refractivity contribution in [2.45, 2.75) is 0 Å². The molecule has 0 bridgehead atoms. The Kier molecular flexibility index (Phi) is 7.02. The first-order valence-corrected chi connectivity index (χ1v) is 15.8. The molecule has 0 fully saturated rings. The van der Waals surface area contributed by atoms with Gasteiger partial charge in [-0.3, -0.25) is 0 Å². The topological polar surface area (TPSA) is 38.7 Å². The van der Waals surface area contributed by atoms with Gasteiger partial charge in [0.2, 0.25) is 0 Å². The average molecular weight is 594 g/mol. The normalized spacial score (nSPS) is 11.1. The zero-order chi connectivity index (χ0) is 30.0. The summed E-state index contributed by atoms with van der Waals surface area (Å²) < 4.78 is 1.17. The number of benzene rings is 6. The summed E-state index contributed by atoms with van der Waals surface area (Å²) >= 11 is 1.73. The van der Waals surface area contributed by atoms with E-state index >= 15 is 0 Å². The van der Waals surface area contributed by atoms with Crippen LogP contribution in [0.3, 0.4) is 0 Å². The van der Waals surface area contributed by atoms with Crippen LogP contribution in [0.25, 0.3) is 76.9 Å². The van der Waals surface area contributed by atoms with Gasteiger partial charge in [0.1, 0.15) is 5.01 Å². The Morgan fingerprint density at radius 3 is 1.56 bits per heavy atom.